The molecule has 6 nitrogen and oxygen atoms in total. The molecule has 1 aliphatic heterocycles. The van der Waals surface area contributed by atoms with E-state index >= 15 is 0 Å². The quantitative estimate of drug-likeness (QED) is 0.799. The summed E-state index contributed by atoms with van der Waals surface area (Å²) in [6, 6.07) is 5.33. The van der Waals surface area contributed by atoms with Crippen LogP contribution in [0.3, 0.4) is 0 Å². The van der Waals surface area contributed by atoms with Crippen molar-refractivity contribution in [2.45, 2.75) is 18.9 Å². The van der Waals surface area contributed by atoms with E-state index < -0.39 is 0 Å². The molecule has 0 saturated carbocycles. The van der Waals surface area contributed by atoms with E-state index in [1.165, 1.54) is 6.08 Å². The number of benzene rings is 1. The summed E-state index contributed by atoms with van der Waals surface area (Å²) in [7, 11) is 3.11. The normalized spacial score (nSPS) is 17.9. The molecule has 2 amide bonds. The van der Waals surface area contributed by atoms with E-state index in [2.05, 4.69) is 10.6 Å². The van der Waals surface area contributed by atoms with Gasteiger partial charge < -0.3 is 20.1 Å². The molecule has 0 radical (unpaired) electrons. The molecule has 22 heavy (non-hydrogen) atoms. The number of ether oxygens (including phenoxy) is 2. The molecule has 1 aliphatic rings. The molecule has 2 rings (SSSR count). The largest absolute Gasteiger partial charge is 0.493 e. The fourth-order valence-electron chi connectivity index (χ4n) is 2.37. The van der Waals surface area contributed by atoms with E-state index in [-0.39, 0.29) is 17.9 Å². The van der Waals surface area contributed by atoms with Crippen LogP contribution in [-0.4, -0.2) is 38.6 Å². The highest BCUT2D eigenvalue weighted by atomic mass is 16.5. The molecule has 1 aromatic carbocycles. The molecule has 1 fully saturated rings. The third-order valence-electron chi connectivity index (χ3n) is 3.44. The Balaban J connectivity index is 2.02. The van der Waals surface area contributed by atoms with Crippen molar-refractivity contribution >= 4 is 17.9 Å². The summed E-state index contributed by atoms with van der Waals surface area (Å²) in [6.45, 7) is 0.594. The standard InChI is InChI=1S/C16H20N2O4/c1-21-13-5-3-4-11(16(13)22-2)6-7-14(19)18-12-8-9-17-15(20)10-12/h3-7,12H,8-10H2,1-2H3,(H,17,20)(H,18,19). The van der Waals surface area contributed by atoms with Crippen LogP contribution in [-0.2, 0) is 9.59 Å². The van der Waals surface area contributed by atoms with Crippen molar-refractivity contribution in [2.24, 2.45) is 0 Å². The summed E-state index contributed by atoms with van der Waals surface area (Å²) in [4.78, 5) is 23.2. The Labute approximate surface area is 129 Å². The van der Waals surface area contributed by atoms with Crippen LogP contribution in [0.25, 0.3) is 6.08 Å². The summed E-state index contributed by atoms with van der Waals surface area (Å²) in [6.07, 6.45) is 4.17. The van der Waals surface area contributed by atoms with Crippen LogP contribution < -0.4 is 20.1 Å². The Morgan fingerprint density at radius 3 is 2.86 bits per heavy atom. The van der Waals surface area contributed by atoms with Crippen LogP contribution in [0.2, 0.25) is 0 Å². The molecule has 0 aliphatic carbocycles. The lowest BCUT2D eigenvalue weighted by atomic mass is 10.1. The third-order valence-corrected chi connectivity index (χ3v) is 3.44. The number of methoxy groups -OCH3 is 2. The number of nitrogens with one attached hydrogen (secondary N) is 2. The van der Waals surface area contributed by atoms with Gasteiger partial charge in [0.15, 0.2) is 11.5 Å². The van der Waals surface area contributed by atoms with Gasteiger partial charge in [-0.15, -0.1) is 0 Å². The van der Waals surface area contributed by atoms with Crippen LogP contribution in [0.5, 0.6) is 11.5 Å². The molecule has 2 N–H and O–H groups in total. The predicted octanol–water partition coefficient (Wildman–Crippen LogP) is 1.11. The topological polar surface area (TPSA) is 76.7 Å². The highest BCUT2D eigenvalue weighted by Gasteiger charge is 2.19. The van der Waals surface area contributed by atoms with Gasteiger partial charge in [-0.1, -0.05) is 12.1 Å². The molecule has 1 unspecified atom stereocenters. The van der Waals surface area contributed by atoms with E-state index in [1.807, 2.05) is 12.1 Å². The molecule has 0 spiro atoms. The van der Waals surface area contributed by atoms with Gasteiger partial charge in [0.05, 0.1) is 14.2 Å². The highest BCUT2D eigenvalue weighted by molar-refractivity contribution is 5.93. The molecule has 1 atom stereocenters. The van der Waals surface area contributed by atoms with E-state index in [4.69, 9.17) is 9.47 Å². The molecule has 0 bridgehead atoms. The first-order valence-corrected chi connectivity index (χ1v) is 7.10. The maximum Gasteiger partial charge on any atom is 0.244 e. The number of piperidine rings is 1. The first kappa shape index (κ1) is 15.9. The Morgan fingerprint density at radius 1 is 1.36 bits per heavy atom. The Bertz CT molecular complexity index is 584. The lowest BCUT2D eigenvalue weighted by Gasteiger charge is -2.22. The van der Waals surface area contributed by atoms with Gasteiger partial charge in [-0.25, -0.2) is 0 Å². The van der Waals surface area contributed by atoms with Gasteiger partial charge in [0, 0.05) is 30.6 Å². The van der Waals surface area contributed by atoms with Gasteiger partial charge in [0.25, 0.3) is 0 Å². The minimum absolute atomic E-state index is 0.0324. The zero-order chi connectivity index (χ0) is 15.9. The molecule has 1 saturated heterocycles. The van der Waals surface area contributed by atoms with E-state index in [0.29, 0.717) is 24.5 Å². The molecule has 1 heterocycles. The van der Waals surface area contributed by atoms with Crippen LogP contribution in [0.15, 0.2) is 24.3 Å². The lowest BCUT2D eigenvalue weighted by Crippen LogP contribution is -2.45. The monoisotopic (exact) mass is 304 g/mol. The first-order chi connectivity index (χ1) is 10.6. The van der Waals surface area contributed by atoms with Gasteiger partial charge in [0.2, 0.25) is 11.8 Å². The number of carbonyl (C=O) groups is 2. The SMILES string of the molecule is COc1cccc(C=CC(=O)NC2CCNC(=O)C2)c1OC. The average molecular weight is 304 g/mol. The van der Waals surface area contributed by atoms with Crippen molar-refractivity contribution in [3.8, 4) is 11.5 Å². The zero-order valence-electron chi connectivity index (χ0n) is 12.7. The fraction of sp³-hybridized carbons (Fsp3) is 0.375. The number of carbonyl (C=O) groups excluding carboxylic acids is 2. The Morgan fingerprint density at radius 2 is 2.18 bits per heavy atom. The number of amides is 2. The van der Waals surface area contributed by atoms with Crippen molar-refractivity contribution in [3.63, 3.8) is 0 Å². The molecule has 0 aromatic heterocycles. The highest BCUT2D eigenvalue weighted by Crippen LogP contribution is 2.31. The first-order valence-electron chi connectivity index (χ1n) is 7.10. The molecule has 1 aromatic rings. The minimum atomic E-state index is -0.232. The van der Waals surface area contributed by atoms with Crippen LogP contribution >= 0.6 is 0 Å². The van der Waals surface area contributed by atoms with Crippen molar-refractivity contribution in [1.82, 2.24) is 10.6 Å². The van der Waals surface area contributed by atoms with Gasteiger partial charge in [-0.2, -0.15) is 0 Å². The molecular weight excluding hydrogens is 284 g/mol. The van der Waals surface area contributed by atoms with Crippen molar-refractivity contribution in [2.75, 3.05) is 20.8 Å². The number of rotatable bonds is 5. The third kappa shape index (κ3) is 4.00. The smallest absolute Gasteiger partial charge is 0.244 e. The van der Waals surface area contributed by atoms with Crippen molar-refractivity contribution in [1.29, 1.82) is 0 Å². The van der Waals surface area contributed by atoms with Gasteiger partial charge in [-0.3, -0.25) is 9.59 Å². The summed E-state index contributed by atoms with van der Waals surface area (Å²) in [5, 5.41) is 5.56. The van der Waals surface area contributed by atoms with Crippen LogP contribution in [0.4, 0.5) is 0 Å². The van der Waals surface area contributed by atoms with Gasteiger partial charge >= 0.3 is 0 Å². The average Bonchev–Trinajstić information content (AvgIpc) is 2.52. The fourth-order valence-corrected chi connectivity index (χ4v) is 2.37. The van der Waals surface area contributed by atoms with Crippen LogP contribution in [0.1, 0.15) is 18.4 Å². The van der Waals surface area contributed by atoms with Crippen LogP contribution in [0, 0.1) is 0 Å². The molecule has 6 heteroatoms. The Kier molecular flexibility index (Phi) is 5.41. The van der Waals surface area contributed by atoms with E-state index in [0.717, 1.165) is 12.0 Å². The molecular formula is C16H20N2O4. The molecule has 118 valence electrons. The zero-order valence-corrected chi connectivity index (χ0v) is 12.7. The summed E-state index contributed by atoms with van der Waals surface area (Å²) < 4.78 is 10.5. The minimum Gasteiger partial charge on any atom is -0.493 e. The van der Waals surface area contributed by atoms with E-state index in [1.54, 1.807) is 26.4 Å². The second-order valence-corrected chi connectivity index (χ2v) is 4.96. The van der Waals surface area contributed by atoms with Crippen molar-refractivity contribution in [3.05, 3.63) is 29.8 Å². The number of hydrogen-bond donors (Lipinski definition) is 2. The predicted molar refractivity (Wildman–Crippen MR) is 82.8 cm³/mol. The van der Waals surface area contributed by atoms with Gasteiger partial charge in [-0.05, 0) is 18.6 Å². The summed E-state index contributed by atoms with van der Waals surface area (Å²) >= 11 is 0. The summed E-state index contributed by atoms with van der Waals surface area (Å²) in [5.74, 6) is 0.916. The van der Waals surface area contributed by atoms with Crippen molar-refractivity contribution < 1.29 is 19.1 Å². The maximum absolute atomic E-state index is 11.9. The number of hydrogen-bond acceptors (Lipinski definition) is 4. The van der Waals surface area contributed by atoms with Gasteiger partial charge in [0.1, 0.15) is 0 Å². The number of para-hydroxylation sites is 1. The van der Waals surface area contributed by atoms with E-state index in [9.17, 15) is 9.59 Å². The lowest BCUT2D eigenvalue weighted by molar-refractivity contribution is -0.123. The Hall–Kier alpha value is -2.50. The summed E-state index contributed by atoms with van der Waals surface area (Å²) in [5.41, 5.74) is 0.749. The second-order valence-electron chi connectivity index (χ2n) is 4.96. The maximum atomic E-state index is 11.9. The second kappa shape index (κ2) is 7.49.